The molecule has 2 unspecified atom stereocenters. The van der Waals surface area contributed by atoms with Crippen LogP contribution in [0.15, 0.2) is 0 Å². The van der Waals surface area contributed by atoms with Crippen LogP contribution in [-0.4, -0.2) is 55.3 Å². The number of hydrogen-bond donors (Lipinski definition) is 1. The lowest BCUT2D eigenvalue weighted by molar-refractivity contribution is -0.143. The third-order valence-electron chi connectivity index (χ3n) is 4.65. The van der Waals surface area contributed by atoms with Crippen LogP contribution in [0.1, 0.15) is 47.0 Å². The molecule has 7 heteroatoms. The van der Waals surface area contributed by atoms with Gasteiger partial charge in [-0.05, 0) is 26.2 Å². The van der Waals surface area contributed by atoms with E-state index in [0.717, 1.165) is 12.8 Å². The molecule has 132 valence electrons. The van der Waals surface area contributed by atoms with Gasteiger partial charge in [-0.15, -0.1) is 0 Å². The Morgan fingerprint density at radius 1 is 1.26 bits per heavy atom. The van der Waals surface area contributed by atoms with Gasteiger partial charge in [0.2, 0.25) is 11.8 Å². The molecule has 1 N–H and O–H groups in total. The molecule has 2 saturated heterocycles. The number of piperidine rings is 1. The van der Waals surface area contributed by atoms with Crippen molar-refractivity contribution in [3.05, 3.63) is 0 Å². The maximum Gasteiger partial charge on any atom is 0.227 e. The smallest absolute Gasteiger partial charge is 0.227 e. The third kappa shape index (κ3) is 4.46. The van der Waals surface area contributed by atoms with Gasteiger partial charge in [0.15, 0.2) is 9.84 Å². The first-order valence-electron chi connectivity index (χ1n) is 8.24. The summed E-state index contributed by atoms with van der Waals surface area (Å²) in [5, 5.41) is 2.92. The zero-order valence-corrected chi connectivity index (χ0v) is 15.3. The summed E-state index contributed by atoms with van der Waals surface area (Å²) in [6.07, 6.45) is 2.00. The molecule has 0 aromatic carbocycles. The number of nitrogens with one attached hydrogen (secondary N) is 1. The number of rotatable bonds is 2. The Kier molecular flexibility index (Phi) is 4.81. The molecule has 0 spiro atoms. The van der Waals surface area contributed by atoms with E-state index in [9.17, 15) is 18.0 Å². The van der Waals surface area contributed by atoms with Crippen LogP contribution in [0.2, 0.25) is 0 Å². The number of amides is 2. The molecule has 2 heterocycles. The second kappa shape index (κ2) is 6.07. The number of likely N-dealkylation sites (tertiary alicyclic amines) is 1. The van der Waals surface area contributed by atoms with E-state index in [-0.39, 0.29) is 29.2 Å². The maximum atomic E-state index is 12.5. The number of hydrogen-bond acceptors (Lipinski definition) is 4. The van der Waals surface area contributed by atoms with E-state index in [1.165, 1.54) is 0 Å². The van der Waals surface area contributed by atoms with Crippen molar-refractivity contribution in [1.29, 1.82) is 0 Å². The molecule has 2 amide bonds. The van der Waals surface area contributed by atoms with E-state index in [1.54, 1.807) is 11.8 Å². The van der Waals surface area contributed by atoms with E-state index in [0.29, 0.717) is 19.5 Å². The molecule has 2 atom stereocenters. The second-order valence-corrected chi connectivity index (χ2v) is 10.4. The Hall–Kier alpha value is -1.11. The Balaban J connectivity index is 1.99. The standard InChI is InChI=1S/C16H28N2O4S/c1-15(2,3)14(20)18-8-5-6-12(10-18)13(19)17-16(4)7-9-23(21,22)11-16/h12H,5-11H2,1-4H3,(H,17,19). The van der Waals surface area contributed by atoms with E-state index in [1.807, 2.05) is 20.8 Å². The number of carbonyl (C=O) groups is 2. The molecule has 0 aromatic heterocycles. The van der Waals surface area contributed by atoms with Crippen molar-refractivity contribution in [2.45, 2.75) is 52.5 Å². The van der Waals surface area contributed by atoms with Crippen molar-refractivity contribution in [2.75, 3.05) is 24.6 Å². The number of sulfone groups is 1. The largest absolute Gasteiger partial charge is 0.350 e. The van der Waals surface area contributed by atoms with Crippen molar-refractivity contribution in [3.63, 3.8) is 0 Å². The van der Waals surface area contributed by atoms with Crippen molar-refractivity contribution in [3.8, 4) is 0 Å². The van der Waals surface area contributed by atoms with Crippen LogP contribution in [0.4, 0.5) is 0 Å². The zero-order valence-electron chi connectivity index (χ0n) is 14.5. The van der Waals surface area contributed by atoms with Crippen molar-refractivity contribution in [1.82, 2.24) is 10.2 Å². The van der Waals surface area contributed by atoms with Crippen LogP contribution in [0.5, 0.6) is 0 Å². The highest BCUT2D eigenvalue weighted by Gasteiger charge is 2.41. The van der Waals surface area contributed by atoms with E-state index in [4.69, 9.17) is 0 Å². The van der Waals surface area contributed by atoms with Gasteiger partial charge in [0.05, 0.1) is 23.0 Å². The lowest BCUT2D eigenvalue weighted by atomic mass is 9.90. The van der Waals surface area contributed by atoms with Crippen LogP contribution in [0.25, 0.3) is 0 Å². The average molecular weight is 344 g/mol. The van der Waals surface area contributed by atoms with Crippen molar-refractivity contribution < 1.29 is 18.0 Å². The highest BCUT2D eigenvalue weighted by molar-refractivity contribution is 7.91. The first-order chi connectivity index (χ1) is 10.4. The van der Waals surface area contributed by atoms with Gasteiger partial charge in [-0.2, -0.15) is 0 Å². The minimum atomic E-state index is -3.05. The van der Waals surface area contributed by atoms with Gasteiger partial charge in [0.25, 0.3) is 0 Å². The van der Waals surface area contributed by atoms with Crippen molar-refractivity contribution >= 4 is 21.7 Å². The summed E-state index contributed by atoms with van der Waals surface area (Å²) in [6, 6.07) is 0. The van der Waals surface area contributed by atoms with Crippen LogP contribution < -0.4 is 5.32 Å². The molecule has 0 saturated carbocycles. The van der Waals surface area contributed by atoms with E-state index in [2.05, 4.69) is 5.32 Å². The fraction of sp³-hybridized carbons (Fsp3) is 0.875. The minimum Gasteiger partial charge on any atom is -0.350 e. The molecule has 23 heavy (non-hydrogen) atoms. The topological polar surface area (TPSA) is 83.6 Å². The fourth-order valence-corrected chi connectivity index (χ4v) is 5.45. The van der Waals surface area contributed by atoms with Crippen LogP contribution >= 0.6 is 0 Å². The quantitative estimate of drug-likeness (QED) is 0.809. The van der Waals surface area contributed by atoms with Gasteiger partial charge in [-0.3, -0.25) is 9.59 Å². The van der Waals surface area contributed by atoms with Gasteiger partial charge in [-0.25, -0.2) is 8.42 Å². The van der Waals surface area contributed by atoms with Gasteiger partial charge < -0.3 is 10.2 Å². The Bertz CT molecular complexity index is 594. The summed E-state index contributed by atoms with van der Waals surface area (Å²) in [6.45, 7) is 8.53. The van der Waals surface area contributed by atoms with Gasteiger partial charge in [0.1, 0.15) is 0 Å². The second-order valence-electron chi connectivity index (χ2n) is 8.23. The molecule has 2 aliphatic heterocycles. The Labute approximate surface area is 138 Å². The van der Waals surface area contributed by atoms with Crippen LogP contribution in [0, 0.1) is 11.3 Å². The Morgan fingerprint density at radius 3 is 2.43 bits per heavy atom. The lowest BCUT2D eigenvalue weighted by Gasteiger charge is -2.37. The zero-order chi connectivity index (χ0) is 17.5. The Morgan fingerprint density at radius 2 is 1.91 bits per heavy atom. The number of carbonyl (C=O) groups excluding carboxylic acids is 2. The van der Waals surface area contributed by atoms with Crippen molar-refractivity contribution in [2.24, 2.45) is 11.3 Å². The summed E-state index contributed by atoms with van der Waals surface area (Å²) < 4.78 is 23.3. The van der Waals surface area contributed by atoms with Gasteiger partial charge in [-0.1, -0.05) is 20.8 Å². The highest BCUT2D eigenvalue weighted by atomic mass is 32.2. The predicted octanol–water partition coefficient (Wildman–Crippen LogP) is 0.965. The maximum absolute atomic E-state index is 12.5. The molecule has 0 radical (unpaired) electrons. The molecule has 6 nitrogen and oxygen atoms in total. The highest BCUT2D eigenvalue weighted by Crippen LogP contribution is 2.26. The first kappa shape index (κ1) is 18.2. The van der Waals surface area contributed by atoms with Gasteiger partial charge in [0, 0.05) is 18.5 Å². The molecule has 0 aromatic rings. The minimum absolute atomic E-state index is 0.00307. The summed E-state index contributed by atoms with van der Waals surface area (Å²) in [7, 11) is -3.05. The van der Waals surface area contributed by atoms with Crippen LogP contribution in [0.3, 0.4) is 0 Å². The molecule has 0 bridgehead atoms. The molecule has 2 aliphatic rings. The summed E-state index contributed by atoms with van der Waals surface area (Å²) >= 11 is 0. The summed E-state index contributed by atoms with van der Waals surface area (Å²) in [4.78, 5) is 26.7. The molecular formula is C16H28N2O4S. The predicted molar refractivity (Wildman–Crippen MR) is 88.6 cm³/mol. The lowest BCUT2D eigenvalue weighted by Crippen LogP contribution is -2.53. The van der Waals surface area contributed by atoms with Gasteiger partial charge >= 0.3 is 0 Å². The summed E-state index contributed by atoms with van der Waals surface area (Å²) in [5.74, 6) is -0.192. The molecule has 0 aliphatic carbocycles. The fourth-order valence-electron chi connectivity index (χ4n) is 3.36. The number of nitrogens with zero attached hydrogens (tertiary/aromatic N) is 1. The third-order valence-corrected chi connectivity index (χ3v) is 6.55. The normalized spacial score (nSPS) is 31.0. The SMILES string of the molecule is CC1(NC(=O)C2CCCN(C(=O)C(C)(C)C)C2)CCS(=O)(=O)C1. The van der Waals surface area contributed by atoms with Crippen LogP contribution in [-0.2, 0) is 19.4 Å². The molecule has 2 fully saturated rings. The molecular weight excluding hydrogens is 316 g/mol. The average Bonchev–Trinajstić information content (AvgIpc) is 2.70. The first-order valence-corrected chi connectivity index (χ1v) is 10.1. The summed E-state index contributed by atoms with van der Waals surface area (Å²) in [5.41, 5.74) is -1.13. The monoisotopic (exact) mass is 344 g/mol. The molecule has 2 rings (SSSR count). The van der Waals surface area contributed by atoms with E-state index >= 15 is 0 Å². The van der Waals surface area contributed by atoms with E-state index < -0.39 is 20.8 Å².